The lowest BCUT2D eigenvalue weighted by molar-refractivity contribution is 0.0572. The Labute approximate surface area is 179 Å². The smallest absolute Gasteiger partial charge is 0.413 e. The number of carbonyl (C=O) groups is 1. The zero-order valence-electron chi connectivity index (χ0n) is 17.8. The van der Waals surface area contributed by atoms with E-state index in [1.54, 1.807) is 0 Å². The second-order valence-corrected chi connectivity index (χ2v) is 9.08. The van der Waals surface area contributed by atoms with Crippen LogP contribution in [0.4, 0.5) is 15.0 Å². The highest BCUT2D eigenvalue weighted by Gasteiger charge is 2.43. The molecule has 0 bridgehead atoms. The van der Waals surface area contributed by atoms with Crippen molar-refractivity contribution in [1.82, 2.24) is 15.6 Å². The van der Waals surface area contributed by atoms with Crippen LogP contribution in [-0.2, 0) is 4.74 Å². The molecular weight excluding hydrogens is 404 g/mol. The molecule has 1 amide bonds. The molecule has 2 unspecified atom stereocenters. The molecule has 30 heavy (non-hydrogen) atoms. The number of allylic oxidation sites excluding steroid dienone is 1. The van der Waals surface area contributed by atoms with Crippen LogP contribution in [0.5, 0.6) is 0 Å². The molecule has 3 rings (SSSR count). The van der Waals surface area contributed by atoms with E-state index in [0.29, 0.717) is 22.9 Å². The van der Waals surface area contributed by atoms with Gasteiger partial charge in [0.05, 0.1) is 5.69 Å². The van der Waals surface area contributed by atoms with Gasteiger partial charge in [0.1, 0.15) is 11.7 Å². The number of aryl methyl sites for hydroxylation is 1. The molecule has 2 aliphatic rings. The van der Waals surface area contributed by atoms with Crippen molar-refractivity contribution in [3.8, 4) is 0 Å². The van der Waals surface area contributed by atoms with Gasteiger partial charge in [0.25, 0.3) is 0 Å². The Morgan fingerprint density at radius 2 is 2.27 bits per heavy atom. The zero-order chi connectivity index (χ0) is 22.1. The highest BCUT2D eigenvalue weighted by Crippen LogP contribution is 2.37. The fourth-order valence-electron chi connectivity index (χ4n) is 3.73. The second-order valence-electron chi connectivity index (χ2n) is 7.95. The van der Waals surface area contributed by atoms with Gasteiger partial charge >= 0.3 is 6.09 Å². The number of aromatic nitrogens is 1. The molecule has 9 heteroatoms. The van der Waals surface area contributed by atoms with Crippen LogP contribution in [0.15, 0.2) is 35.5 Å². The number of halogens is 1. The molecule has 1 aromatic heterocycles. The summed E-state index contributed by atoms with van der Waals surface area (Å²) < 4.78 is 20.3. The Balaban J connectivity index is 2.12. The molecule has 1 aromatic rings. The second kappa shape index (κ2) is 8.82. The van der Waals surface area contributed by atoms with Crippen LogP contribution < -0.4 is 15.5 Å². The SMILES string of the molecule is C=CN=C1NC(=O)O[C@@H](C(C)(F)P)/C1=C(/C)c1cc(C)cc(N2CCN[C@@H](C)C2)n1. The number of amidine groups is 1. The number of aliphatic imine (C=N–C) groups is 1. The first-order valence-electron chi connectivity index (χ1n) is 9.92. The van der Waals surface area contributed by atoms with Gasteiger partial charge < -0.3 is 15.0 Å². The molecular formula is C21H29FN5O2P. The van der Waals surface area contributed by atoms with Gasteiger partial charge in [0.15, 0.2) is 11.5 Å². The van der Waals surface area contributed by atoms with E-state index in [1.807, 2.05) is 26.0 Å². The first-order valence-corrected chi connectivity index (χ1v) is 10.5. The third-order valence-electron chi connectivity index (χ3n) is 5.13. The first kappa shape index (κ1) is 22.4. The minimum absolute atomic E-state index is 0.218. The summed E-state index contributed by atoms with van der Waals surface area (Å²) >= 11 is 0. The third-order valence-corrected chi connectivity index (χ3v) is 5.44. The average Bonchev–Trinajstić information content (AvgIpc) is 2.66. The van der Waals surface area contributed by atoms with Gasteiger partial charge in [-0.2, -0.15) is 0 Å². The zero-order valence-corrected chi connectivity index (χ0v) is 19.0. The molecule has 2 saturated heterocycles. The Morgan fingerprint density at radius 3 is 2.90 bits per heavy atom. The van der Waals surface area contributed by atoms with Gasteiger partial charge in [0, 0.05) is 37.4 Å². The summed E-state index contributed by atoms with van der Waals surface area (Å²) in [5.41, 5.74) is 2.84. The van der Waals surface area contributed by atoms with E-state index in [2.05, 4.69) is 43.3 Å². The van der Waals surface area contributed by atoms with E-state index in [0.717, 1.165) is 31.0 Å². The number of pyridine rings is 1. The van der Waals surface area contributed by atoms with Gasteiger partial charge in [-0.25, -0.2) is 19.2 Å². The van der Waals surface area contributed by atoms with Crippen molar-refractivity contribution in [3.05, 3.63) is 41.7 Å². The van der Waals surface area contributed by atoms with Crippen molar-refractivity contribution in [3.63, 3.8) is 0 Å². The van der Waals surface area contributed by atoms with E-state index >= 15 is 0 Å². The minimum atomic E-state index is -1.89. The van der Waals surface area contributed by atoms with E-state index in [9.17, 15) is 9.18 Å². The van der Waals surface area contributed by atoms with E-state index < -0.39 is 17.6 Å². The third kappa shape index (κ3) is 4.87. The molecule has 0 aromatic carbocycles. The largest absolute Gasteiger partial charge is 0.437 e. The predicted molar refractivity (Wildman–Crippen MR) is 122 cm³/mol. The Morgan fingerprint density at radius 1 is 1.53 bits per heavy atom. The van der Waals surface area contributed by atoms with Gasteiger partial charge in [-0.15, -0.1) is 0 Å². The summed E-state index contributed by atoms with van der Waals surface area (Å²) in [5, 5.41) is 4.09. The molecule has 2 N–H and O–H groups in total. The maximum absolute atomic E-state index is 15.0. The quantitative estimate of drug-likeness (QED) is 0.714. The standard InChI is InChI=1S/C21H29FN5O2P/c1-6-23-19-17(18(21(5,22)30)29-20(28)26-19)14(4)15-9-12(2)10-16(25-15)27-8-7-24-13(3)11-27/h6,9-10,13,18,24H,1,7-8,11,30H2,2-5H3,(H,23,26,28)/b17-14+/t13-,18+,21?/m0/s1. The molecule has 3 heterocycles. The van der Waals surface area contributed by atoms with Crippen molar-refractivity contribution in [2.75, 3.05) is 24.5 Å². The summed E-state index contributed by atoms with van der Waals surface area (Å²) in [7, 11) is 2.10. The molecule has 0 saturated carbocycles. The van der Waals surface area contributed by atoms with Crippen LogP contribution in [0.1, 0.15) is 32.0 Å². The molecule has 2 aliphatic heterocycles. The maximum Gasteiger partial charge on any atom is 0.413 e. The minimum Gasteiger partial charge on any atom is -0.437 e. The highest BCUT2D eigenvalue weighted by molar-refractivity contribution is 7.18. The van der Waals surface area contributed by atoms with Crippen LogP contribution in [0.25, 0.3) is 5.57 Å². The Hall–Kier alpha value is -2.31. The summed E-state index contributed by atoms with van der Waals surface area (Å²) in [6.07, 6.45) is -0.600. The number of carbonyl (C=O) groups excluding carboxylic acids is 1. The number of alkyl halides is 1. The van der Waals surface area contributed by atoms with Gasteiger partial charge in [0.2, 0.25) is 0 Å². The number of hydrogen-bond donors (Lipinski definition) is 2. The molecule has 162 valence electrons. The fourth-order valence-corrected chi connectivity index (χ4v) is 3.96. The van der Waals surface area contributed by atoms with Crippen LogP contribution in [0.3, 0.4) is 0 Å². The highest BCUT2D eigenvalue weighted by atomic mass is 31.0. The Kier molecular flexibility index (Phi) is 6.58. The average molecular weight is 433 g/mol. The lowest BCUT2D eigenvalue weighted by Crippen LogP contribution is -2.50. The fraction of sp³-hybridized carbons (Fsp3) is 0.476. The number of alkyl carbamates (subject to hydrolysis) is 1. The first-order chi connectivity index (χ1) is 14.1. The number of hydrogen-bond acceptors (Lipinski definition) is 6. The number of anilines is 1. The maximum atomic E-state index is 15.0. The Bertz CT molecular complexity index is 909. The summed E-state index contributed by atoms with van der Waals surface area (Å²) in [5.74, 6) is 1.09. The topological polar surface area (TPSA) is 78.8 Å². The van der Waals surface area contributed by atoms with Crippen molar-refractivity contribution < 1.29 is 13.9 Å². The number of nitrogens with zero attached hydrogens (tertiary/aromatic N) is 3. The number of ether oxygens (including phenoxy) is 1. The van der Waals surface area contributed by atoms with Crippen molar-refractivity contribution in [2.45, 2.75) is 45.3 Å². The number of cyclic esters (lactones) is 1. The molecule has 4 atom stereocenters. The van der Waals surface area contributed by atoms with Crippen molar-refractivity contribution in [2.24, 2.45) is 4.99 Å². The molecule has 0 radical (unpaired) electrons. The van der Waals surface area contributed by atoms with E-state index in [-0.39, 0.29) is 5.84 Å². The van der Waals surface area contributed by atoms with Crippen LogP contribution >= 0.6 is 9.24 Å². The monoisotopic (exact) mass is 433 g/mol. The van der Waals surface area contributed by atoms with Crippen LogP contribution in [-0.4, -0.2) is 54.1 Å². The summed E-state index contributed by atoms with van der Waals surface area (Å²) in [6.45, 7) is 13.5. The molecule has 7 nitrogen and oxygen atoms in total. The van der Waals surface area contributed by atoms with E-state index in [4.69, 9.17) is 9.72 Å². The summed E-state index contributed by atoms with van der Waals surface area (Å²) in [6, 6.07) is 4.35. The van der Waals surface area contributed by atoms with Crippen LogP contribution in [0.2, 0.25) is 0 Å². The predicted octanol–water partition coefficient (Wildman–Crippen LogP) is 3.17. The molecule has 0 spiro atoms. The molecule has 0 aliphatic carbocycles. The van der Waals surface area contributed by atoms with Crippen molar-refractivity contribution in [1.29, 1.82) is 0 Å². The van der Waals surface area contributed by atoms with Gasteiger partial charge in [-0.05, 0) is 51.0 Å². The lowest BCUT2D eigenvalue weighted by Gasteiger charge is -2.35. The normalized spacial score (nSPS) is 27.2. The molecule has 2 fully saturated rings. The number of rotatable bonds is 4. The summed E-state index contributed by atoms with van der Waals surface area (Å²) in [4.78, 5) is 23.2. The van der Waals surface area contributed by atoms with Gasteiger partial charge in [-0.1, -0.05) is 15.8 Å². The van der Waals surface area contributed by atoms with Crippen LogP contribution in [0, 0.1) is 6.92 Å². The van der Waals surface area contributed by atoms with Gasteiger partial charge in [-0.3, -0.25) is 5.32 Å². The van der Waals surface area contributed by atoms with E-state index in [1.165, 1.54) is 13.1 Å². The van der Waals surface area contributed by atoms with Crippen molar-refractivity contribution >= 4 is 32.6 Å². The number of amides is 1. The lowest BCUT2D eigenvalue weighted by atomic mass is 9.95. The number of piperazine rings is 1. The number of nitrogens with one attached hydrogen (secondary N) is 2.